The maximum atomic E-state index is 11.8. The van der Waals surface area contributed by atoms with Gasteiger partial charge in [0, 0.05) is 10.6 Å². The molecule has 0 radical (unpaired) electrons. The molecule has 2 rings (SSSR count). The van der Waals surface area contributed by atoms with Gasteiger partial charge in [0.15, 0.2) is 6.10 Å². The van der Waals surface area contributed by atoms with E-state index in [9.17, 15) is 9.59 Å². The van der Waals surface area contributed by atoms with E-state index in [0.717, 1.165) is 0 Å². The highest BCUT2D eigenvalue weighted by molar-refractivity contribution is 6.30. The van der Waals surface area contributed by atoms with Crippen LogP contribution in [0.1, 0.15) is 12.5 Å². The quantitative estimate of drug-likeness (QED) is 0.852. The molecule has 6 heteroatoms. The highest BCUT2D eigenvalue weighted by Gasteiger charge is 2.22. The van der Waals surface area contributed by atoms with Gasteiger partial charge in [-0.3, -0.25) is 4.79 Å². The van der Waals surface area contributed by atoms with Gasteiger partial charge in [0.05, 0.1) is 5.57 Å². The van der Waals surface area contributed by atoms with Crippen molar-refractivity contribution >= 4 is 29.6 Å². The zero-order valence-corrected chi connectivity index (χ0v) is 10.9. The number of halogens is 1. The van der Waals surface area contributed by atoms with Crippen molar-refractivity contribution in [1.29, 1.82) is 0 Å². The van der Waals surface area contributed by atoms with Crippen LogP contribution in [-0.4, -0.2) is 24.6 Å². The molecule has 1 aliphatic rings. The molecule has 0 aromatic heterocycles. The summed E-state index contributed by atoms with van der Waals surface area (Å²) in [4.78, 5) is 22.6. The van der Waals surface area contributed by atoms with Crippen LogP contribution in [-0.2, 0) is 14.3 Å². The van der Waals surface area contributed by atoms with Crippen LogP contribution in [0.3, 0.4) is 0 Å². The SMILES string of the molecule is C[C@@H](OC(=O)C1=Cc2cc(Cl)ccc2OC1)C(N)=O. The lowest BCUT2D eigenvalue weighted by Crippen LogP contribution is -2.31. The number of ether oxygens (including phenoxy) is 2. The van der Waals surface area contributed by atoms with Crippen LogP contribution in [0, 0.1) is 0 Å². The maximum Gasteiger partial charge on any atom is 0.338 e. The molecule has 0 unspecified atom stereocenters. The van der Waals surface area contributed by atoms with Crippen LogP contribution >= 0.6 is 11.6 Å². The normalized spacial score (nSPS) is 14.7. The molecule has 1 atom stereocenters. The minimum absolute atomic E-state index is 0.0823. The zero-order chi connectivity index (χ0) is 14.0. The fourth-order valence-corrected chi connectivity index (χ4v) is 1.74. The first-order valence-electron chi connectivity index (χ1n) is 5.60. The van der Waals surface area contributed by atoms with E-state index in [0.29, 0.717) is 21.9 Å². The van der Waals surface area contributed by atoms with Crippen molar-refractivity contribution in [3.8, 4) is 5.75 Å². The van der Waals surface area contributed by atoms with Crippen molar-refractivity contribution in [2.45, 2.75) is 13.0 Å². The van der Waals surface area contributed by atoms with E-state index in [1.807, 2.05) is 0 Å². The largest absolute Gasteiger partial charge is 0.488 e. The second-order valence-corrected chi connectivity index (χ2v) is 4.53. The fraction of sp³-hybridized carbons (Fsp3) is 0.231. The van der Waals surface area contributed by atoms with Crippen LogP contribution in [0.15, 0.2) is 23.8 Å². The number of amides is 1. The first kappa shape index (κ1) is 13.4. The molecule has 0 bridgehead atoms. The monoisotopic (exact) mass is 281 g/mol. The van der Waals surface area contributed by atoms with E-state index in [-0.39, 0.29) is 6.61 Å². The van der Waals surface area contributed by atoms with E-state index in [4.69, 9.17) is 26.8 Å². The second kappa shape index (κ2) is 5.32. The summed E-state index contributed by atoms with van der Waals surface area (Å²) in [5.41, 5.74) is 6.03. The van der Waals surface area contributed by atoms with Gasteiger partial charge in [-0.05, 0) is 31.2 Å². The van der Waals surface area contributed by atoms with Gasteiger partial charge in [-0.2, -0.15) is 0 Å². The van der Waals surface area contributed by atoms with Crippen LogP contribution in [0.5, 0.6) is 5.75 Å². The zero-order valence-electron chi connectivity index (χ0n) is 10.2. The lowest BCUT2D eigenvalue weighted by Gasteiger charge is -2.18. The molecule has 1 amide bonds. The highest BCUT2D eigenvalue weighted by Crippen LogP contribution is 2.29. The van der Waals surface area contributed by atoms with E-state index in [2.05, 4.69) is 0 Å². The molecule has 1 aromatic carbocycles. The number of hydrogen-bond donors (Lipinski definition) is 1. The van der Waals surface area contributed by atoms with Crippen molar-refractivity contribution in [2.24, 2.45) is 5.73 Å². The predicted octanol–water partition coefficient (Wildman–Crippen LogP) is 1.53. The van der Waals surface area contributed by atoms with Crippen molar-refractivity contribution in [1.82, 2.24) is 0 Å². The number of hydrogen-bond acceptors (Lipinski definition) is 4. The molecular formula is C13H12ClNO4. The minimum Gasteiger partial charge on any atom is -0.488 e. The van der Waals surface area contributed by atoms with Gasteiger partial charge in [-0.25, -0.2) is 4.79 Å². The predicted molar refractivity (Wildman–Crippen MR) is 69.7 cm³/mol. The topological polar surface area (TPSA) is 78.6 Å². The summed E-state index contributed by atoms with van der Waals surface area (Å²) in [6.07, 6.45) is 0.648. The summed E-state index contributed by atoms with van der Waals surface area (Å²) in [7, 11) is 0. The van der Waals surface area contributed by atoms with Crippen molar-refractivity contribution in [3.63, 3.8) is 0 Å². The second-order valence-electron chi connectivity index (χ2n) is 4.09. The van der Waals surface area contributed by atoms with Crippen molar-refractivity contribution in [3.05, 3.63) is 34.4 Å². The van der Waals surface area contributed by atoms with Gasteiger partial charge in [0.1, 0.15) is 12.4 Å². The fourth-order valence-electron chi connectivity index (χ4n) is 1.56. The lowest BCUT2D eigenvalue weighted by molar-refractivity contribution is -0.150. The molecule has 5 nitrogen and oxygen atoms in total. The highest BCUT2D eigenvalue weighted by atomic mass is 35.5. The van der Waals surface area contributed by atoms with Crippen LogP contribution < -0.4 is 10.5 Å². The average molecular weight is 282 g/mol. The number of carbonyl (C=O) groups excluding carboxylic acids is 2. The first-order valence-corrected chi connectivity index (χ1v) is 5.98. The Morgan fingerprint density at radius 2 is 2.21 bits per heavy atom. The molecule has 19 heavy (non-hydrogen) atoms. The van der Waals surface area contributed by atoms with Crippen LogP contribution in [0.4, 0.5) is 0 Å². The number of fused-ring (bicyclic) bond motifs is 1. The van der Waals surface area contributed by atoms with E-state index in [1.54, 1.807) is 24.3 Å². The number of esters is 1. The Morgan fingerprint density at radius 1 is 1.47 bits per heavy atom. The Morgan fingerprint density at radius 3 is 2.89 bits per heavy atom. The molecule has 100 valence electrons. The molecule has 1 aromatic rings. The van der Waals surface area contributed by atoms with E-state index >= 15 is 0 Å². The molecule has 0 saturated heterocycles. The third-order valence-electron chi connectivity index (χ3n) is 2.63. The van der Waals surface area contributed by atoms with Gasteiger partial charge in [0.2, 0.25) is 0 Å². The molecule has 0 spiro atoms. The summed E-state index contributed by atoms with van der Waals surface area (Å²) in [5.74, 6) is -0.685. The summed E-state index contributed by atoms with van der Waals surface area (Å²) < 4.78 is 10.3. The smallest absolute Gasteiger partial charge is 0.338 e. The Hall–Kier alpha value is -2.01. The Bertz CT molecular complexity index is 568. The maximum absolute atomic E-state index is 11.8. The van der Waals surface area contributed by atoms with Gasteiger partial charge in [0.25, 0.3) is 5.91 Å². The number of benzene rings is 1. The van der Waals surface area contributed by atoms with Gasteiger partial charge >= 0.3 is 5.97 Å². The van der Waals surface area contributed by atoms with Gasteiger partial charge in [-0.15, -0.1) is 0 Å². The van der Waals surface area contributed by atoms with Crippen molar-refractivity contribution < 1.29 is 19.1 Å². The molecular weight excluding hydrogens is 270 g/mol. The van der Waals surface area contributed by atoms with Crippen molar-refractivity contribution in [2.75, 3.05) is 6.61 Å². The molecule has 0 aliphatic carbocycles. The number of carbonyl (C=O) groups is 2. The summed E-state index contributed by atoms with van der Waals surface area (Å²) in [6.45, 7) is 1.49. The Balaban J connectivity index is 2.18. The van der Waals surface area contributed by atoms with Gasteiger partial charge in [-0.1, -0.05) is 11.6 Å². The third kappa shape index (κ3) is 3.06. The summed E-state index contributed by atoms with van der Waals surface area (Å²) >= 11 is 5.87. The molecule has 1 heterocycles. The average Bonchev–Trinajstić information content (AvgIpc) is 2.37. The van der Waals surface area contributed by atoms with E-state index < -0.39 is 18.0 Å². The number of primary amides is 1. The molecule has 1 aliphatic heterocycles. The lowest BCUT2D eigenvalue weighted by atomic mass is 10.1. The molecule has 0 saturated carbocycles. The number of nitrogens with two attached hydrogens (primary N) is 1. The minimum atomic E-state index is -0.978. The third-order valence-corrected chi connectivity index (χ3v) is 2.87. The van der Waals surface area contributed by atoms with E-state index in [1.165, 1.54) is 6.92 Å². The first-order chi connectivity index (χ1) is 8.97. The standard InChI is InChI=1S/C13H12ClNO4/c1-7(12(15)16)19-13(17)9-4-8-5-10(14)2-3-11(8)18-6-9/h2-5,7H,6H2,1H3,(H2,15,16)/t7-/m1/s1. The number of rotatable bonds is 3. The van der Waals surface area contributed by atoms with Gasteiger partial charge < -0.3 is 15.2 Å². The van der Waals surface area contributed by atoms with Crippen LogP contribution in [0.2, 0.25) is 5.02 Å². The van der Waals surface area contributed by atoms with Crippen LogP contribution in [0.25, 0.3) is 6.08 Å². The molecule has 2 N–H and O–H groups in total. The summed E-state index contributed by atoms with van der Waals surface area (Å²) in [5, 5.41) is 0.540. The Labute approximate surface area is 114 Å². The summed E-state index contributed by atoms with van der Waals surface area (Å²) in [6, 6.07) is 5.11. The Kier molecular flexibility index (Phi) is 3.76. The molecule has 0 fully saturated rings.